The van der Waals surface area contributed by atoms with Crippen molar-refractivity contribution < 1.29 is 39.8 Å². The third kappa shape index (κ3) is 42.6. The third-order valence-corrected chi connectivity index (χ3v) is 12.5. The average Bonchev–Trinajstić information content (AvgIpc) is 3.42. The van der Waals surface area contributed by atoms with E-state index in [1.165, 1.54) is 32.1 Å². The summed E-state index contributed by atoms with van der Waals surface area (Å²) < 4.78 is 11.2. The fourth-order valence-corrected chi connectivity index (χ4v) is 7.88. The molecule has 1 amide bonds. The Kier molecular flexibility index (Phi) is 49.4. The lowest BCUT2D eigenvalue weighted by Crippen LogP contribution is -2.60. The number of unbranched alkanes of at least 4 members (excludes halogenated alkanes) is 11. The molecule has 1 heterocycles. The molecule has 1 aliphatic rings. The molecule has 0 aliphatic carbocycles. The van der Waals surface area contributed by atoms with Crippen LogP contribution in [0.15, 0.2) is 170 Å². The highest BCUT2D eigenvalue weighted by Gasteiger charge is 2.44. The standard InChI is InChI=1S/C67H105NO8/c1-3-5-7-9-11-13-15-17-18-19-20-21-22-23-24-25-26-27-28-29-30-31-32-33-34-35-36-37-38-39-40-41-42-43-44-45-47-49-51-53-55-57-63(71)68-60(59-75-67-66(74)65(73)64(72)62(58-69)76-67)61(70)56-54-52-50-48-46-16-14-12-10-8-6-4-2/h5,7,10-13,17-18,20-21,23-24,26-27,29-30,32-33,35-36,38-39,41-42,46,48,54,56,60-62,64-67,69-70,72-74H,3-4,6,8-9,14-16,19,22,25,28,31,34,37,40,43-45,47,49-53,55,57-59H2,1-2H3,(H,68,71)/b7-5-,12-10+,13-11-,18-17-,21-20-,24-23-,27-26-,30-29-,33-32-,36-35-,39-38-,42-41-,48-46+,56-54+. The summed E-state index contributed by atoms with van der Waals surface area (Å²) in [6.45, 7) is 3.55. The lowest BCUT2D eigenvalue weighted by molar-refractivity contribution is -0.302. The number of ether oxygens (including phenoxy) is 2. The van der Waals surface area contributed by atoms with Crippen molar-refractivity contribution in [2.24, 2.45) is 0 Å². The molecule has 0 aromatic heterocycles. The average molecular weight is 1050 g/mol. The molecule has 1 aliphatic heterocycles. The predicted molar refractivity (Wildman–Crippen MR) is 322 cm³/mol. The first-order valence-electron chi connectivity index (χ1n) is 29.4. The second-order valence-electron chi connectivity index (χ2n) is 19.3. The van der Waals surface area contributed by atoms with Crippen LogP contribution < -0.4 is 5.32 Å². The molecule has 9 nitrogen and oxygen atoms in total. The normalized spacial score (nSPS) is 20.1. The Morgan fingerprint density at radius 1 is 0.461 bits per heavy atom. The van der Waals surface area contributed by atoms with Gasteiger partial charge in [-0.1, -0.05) is 229 Å². The van der Waals surface area contributed by atoms with Crippen molar-refractivity contribution in [3.8, 4) is 0 Å². The van der Waals surface area contributed by atoms with Crippen molar-refractivity contribution in [3.05, 3.63) is 170 Å². The van der Waals surface area contributed by atoms with E-state index in [1.54, 1.807) is 6.08 Å². The summed E-state index contributed by atoms with van der Waals surface area (Å²) in [6, 6.07) is -0.846. The summed E-state index contributed by atoms with van der Waals surface area (Å²) in [4.78, 5) is 13.0. The van der Waals surface area contributed by atoms with Gasteiger partial charge in [-0.2, -0.15) is 0 Å². The summed E-state index contributed by atoms with van der Waals surface area (Å²) in [7, 11) is 0. The minimum Gasteiger partial charge on any atom is -0.394 e. The summed E-state index contributed by atoms with van der Waals surface area (Å²) in [5, 5.41) is 54.3. The SMILES string of the molecule is CC/C=C\C/C=C\C/C=C\C/C=C\C/C=C\C/C=C\C/C=C\C/C=C\C/C=C\C/C=C\C/C=C\CCCCCCCCCC(=O)NC(COC1OC(CO)C(O)C(O)C1O)C(O)/C=C/CC/C=C/CC/C=C/CCCC. The van der Waals surface area contributed by atoms with Gasteiger partial charge in [0.15, 0.2) is 6.29 Å². The van der Waals surface area contributed by atoms with Crippen molar-refractivity contribution in [2.45, 2.75) is 230 Å². The zero-order valence-corrected chi connectivity index (χ0v) is 47.2. The molecule has 1 saturated heterocycles. The van der Waals surface area contributed by atoms with E-state index in [2.05, 4.69) is 177 Å². The lowest BCUT2D eigenvalue weighted by atomic mass is 9.99. The number of hydrogen-bond donors (Lipinski definition) is 6. The van der Waals surface area contributed by atoms with E-state index < -0.39 is 49.5 Å². The summed E-state index contributed by atoms with van der Waals surface area (Å²) in [6.07, 6.45) is 80.0. The molecule has 1 rings (SSSR count). The molecule has 6 N–H and O–H groups in total. The zero-order chi connectivity index (χ0) is 55.0. The smallest absolute Gasteiger partial charge is 0.220 e. The Morgan fingerprint density at radius 3 is 1.26 bits per heavy atom. The maximum atomic E-state index is 13.0. The first-order chi connectivity index (χ1) is 37.3. The van der Waals surface area contributed by atoms with E-state index in [1.807, 2.05) is 6.08 Å². The number of aliphatic hydroxyl groups is 5. The molecule has 1 fully saturated rings. The second-order valence-corrected chi connectivity index (χ2v) is 19.3. The Balaban J connectivity index is 2.17. The molecule has 426 valence electrons. The van der Waals surface area contributed by atoms with Crippen LogP contribution in [-0.4, -0.2) is 87.5 Å². The Hall–Kier alpha value is -4.45. The predicted octanol–water partition coefficient (Wildman–Crippen LogP) is 15.0. The fourth-order valence-electron chi connectivity index (χ4n) is 7.88. The van der Waals surface area contributed by atoms with Gasteiger partial charge < -0.3 is 40.3 Å². The van der Waals surface area contributed by atoms with Gasteiger partial charge in [0.2, 0.25) is 5.91 Å². The Bertz CT molecular complexity index is 1790. The van der Waals surface area contributed by atoms with Crippen molar-refractivity contribution in [2.75, 3.05) is 13.2 Å². The summed E-state index contributed by atoms with van der Waals surface area (Å²) in [5.74, 6) is -0.212. The topological polar surface area (TPSA) is 149 Å². The molecule has 0 aromatic carbocycles. The number of allylic oxidation sites excluding steroid dienone is 27. The molecule has 0 radical (unpaired) electrons. The first-order valence-corrected chi connectivity index (χ1v) is 29.4. The highest BCUT2D eigenvalue weighted by atomic mass is 16.7. The largest absolute Gasteiger partial charge is 0.394 e. The van der Waals surface area contributed by atoms with Gasteiger partial charge in [-0.25, -0.2) is 0 Å². The van der Waals surface area contributed by atoms with Crippen molar-refractivity contribution in [1.29, 1.82) is 0 Å². The van der Waals surface area contributed by atoms with Crippen LogP contribution in [-0.2, 0) is 14.3 Å². The van der Waals surface area contributed by atoms with Gasteiger partial charge in [-0.3, -0.25) is 4.79 Å². The van der Waals surface area contributed by atoms with Gasteiger partial charge in [0.05, 0.1) is 25.4 Å². The number of aliphatic hydroxyl groups excluding tert-OH is 5. The number of amides is 1. The maximum Gasteiger partial charge on any atom is 0.220 e. The number of nitrogens with one attached hydrogen (secondary N) is 1. The Morgan fingerprint density at radius 2 is 0.829 bits per heavy atom. The fraction of sp³-hybridized carbons (Fsp3) is 0.567. The molecule has 7 unspecified atom stereocenters. The summed E-state index contributed by atoms with van der Waals surface area (Å²) >= 11 is 0. The number of rotatable bonds is 47. The van der Waals surface area contributed by atoms with Gasteiger partial charge in [0.1, 0.15) is 24.4 Å². The summed E-state index contributed by atoms with van der Waals surface area (Å²) in [5.41, 5.74) is 0. The maximum absolute atomic E-state index is 13.0. The van der Waals surface area contributed by atoms with E-state index in [4.69, 9.17) is 9.47 Å². The van der Waals surface area contributed by atoms with E-state index >= 15 is 0 Å². The third-order valence-electron chi connectivity index (χ3n) is 12.5. The molecular formula is C67H105NO8. The number of hydrogen-bond acceptors (Lipinski definition) is 8. The molecule has 0 spiro atoms. The zero-order valence-electron chi connectivity index (χ0n) is 47.2. The van der Waals surface area contributed by atoms with E-state index in [0.717, 1.165) is 128 Å². The van der Waals surface area contributed by atoms with Gasteiger partial charge in [0, 0.05) is 6.42 Å². The molecule has 76 heavy (non-hydrogen) atoms. The van der Waals surface area contributed by atoms with Crippen molar-refractivity contribution in [1.82, 2.24) is 5.32 Å². The van der Waals surface area contributed by atoms with Gasteiger partial charge in [-0.05, 0) is 122 Å². The molecular weight excluding hydrogens is 947 g/mol. The van der Waals surface area contributed by atoms with Crippen LogP contribution in [0.2, 0.25) is 0 Å². The van der Waals surface area contributed by atoms with E-state index in [9.17, 15) is 30.3 Å². The lowest BCUT2D eigenvalue weighted by Gasteiger charge is -2.40. The van der Waals surface area contributed by atoms with E-state index in [-0.39, 0.29) is 12.5 Å². The monoisotopic (exact) mass is 1050 g/mol. The van der Waals surface area contributed by atoms with Crippen LogP contribution in [0.1, 0.15) is 187 Å². The molecule has 9 heteroatoms. The minimum absolute atomic E-state index is 0.212. The highest BCUT2D eigenvalue weighted by Crippen LogP contribution is 2.22. The molecule has 7 atom stereocenters. The van der Waals surface area contributed by atoms with Gasteiger partial charge in [-0.15, -0.1) is 0 Å². The second kappa shape index (κ2) is 53.9. The van der Waals surface area contributed by atoms with Gasteiger partial charge in [0.25, 0.3) is 0 Å². The van der Waals surface area contributed by atoms with Crippen molar-refractivity contribution in [3.63, 3.8) is 0 Å². The minimum atomic E-state index is -1.59. The highest BCUT2D eigenvalue weighted by molar-refractivity contribution is 5.76. The number of carbonyl (C=O) groups is 1. The van der Waals surface area contributed by atoms with Gasteiger partial charge >= 0.3 is 0 Å². The molecule has 0 bridgehead atoms. The van der Waals surface area contributed by atoms with Crippen LogP contribution in [0.25, 0.3) is 0 Å². The Labute approximate surface area is 462 Å². The number of carbonyl (C=O) groups excluding carboxylic acids is 1. The van der Waals surface area contributed by atoms with Crippen LogP contribution >= 0.6 is 0 Å². The van der Waals surface area contributed by atoms with Crippen LogP contribution in [0.5, 0.6) is 0 Å². The van der Waals surface area contributed by atoms with Crippen LogP contribution in [0, 0.1) is 0 Å². The van der Waals surface area contributed by atoms with Crippen molar-refractivity contribution >= 4 is 5.91 Å². The quantitative estimate of drug-likeness (QED) is 0.0261. The first kappa shape index (κ1) is 69.6. The van der Waals surface area contributed by atoms with Crippen LogP contribution in [0.3, 0.4) is 0 Å². The molecule has 0 saturated carbocycles. The van der Waals surface area contributed by atoms with E-state index in [0.29, 0.717) is 12.8 Å². The van der Waals surface area contributed by atoms with Crippen LogP contribution in [0.4, 0.5) is 0 Å². The molecule has 0 aromatic rings.